The first-order chi connectivity index (χ1) is 7.58. The van der Waals surface area contributed by atoms with Gasteiger partial charge in [-0.1, -0.05) is 0 Å². The largest absolute Gasteiger partial charge is 0.384 e. The van der Waals surface area contributed by atoms with Gasteiger partial charge in [0, 0.05) is 13.1 Å². The summed E-state index contributed by atoms with van der Waals surface area (Å²) in [6, 6.07) is 3.15. The molecule has 3 N–H and O–H groups in total. The van der Waals surface area contributed by atoms with Crippen LogP contribution < -0.4 is 10.5 Å². The van der Waals surface area contributed by atoms with Gasteiger partial charge in [-0.05, 0) is 25.0 Å². The lowest BCUT2D eigenvalue weighted by Crippen LogP contribution is -2.33. The number of hydrogen-bond acceptors (Lipinski definition) is 4. The molecule has 0 aliphatic carbocycles. The molecular weight excluding hydrogens is 228 g/mol. The molecule has 0 atom stereocenters. The minimum Gasteiger partial charge on any atom is -0.384 e. The number of anilines is 2. The fourth-order valence-corrected chi connectivity index (χ4v) is 2.89. The fraction of sp³-hybridized carbons (Fsp3) is 0.444. The van der Waals surface area contributed by atoms with Gasteiger partial charge in [-0.2, -0.15) is 12.7 Å². The third-order valence-electron chi connectivity index (χ3n) is 2.44. The van der Waals surface area contributed by atoms with Crippen LogP contribution in [0.4, 0.5) is 11.5 Å². The summed E-state index contributed by atoms with van der Waals surface area (Å²) in [5, 5.41) is 0. The van der Waals surface area contributed by atoms with Gasteiger partial charge in [0.2, 0.25) is 0 Å². The molecule has 1 aromatic rings. The molecular formula is C9H14N4O2S. The van der Waals surface area contributed by atoms with Crippen molar-refractivity contribution in [1.29, 1.82) is 0 Å². The fourth-order valence-electron chi connectivity index (χ4n) is 1.61. The monoisotopic (exact) mass is 242 g/mol. The summed E-state index contributed by atoms with van der Waals surface area (Å²) in [5.41, 5.74) is 5.85. The number of nitrogens with one attached hydrogen (secondary N) is 1. The van der Waals surface area contributed by atoms with Gasteiger partial charge in [0.15, 0.2) is 0 Å². The molecule has 0 unspecified atom stereocenters. The van der Waals surface area contributed by atoms with Crippen LogP contribution in [0.3, 0.4) is 0 Å². The van der Waals surface area contributed by atoms with E-state index in [1.165, 1.54) is 10.5 Å². The number of aromatic nitrogens is 1. The average Bonchev–Trinajstić information content (AvgIpc) is 2.75. The normalized spacial score (nSPS) is 17.5. The van der Waals surface area contributed by atoms with Gasteiger partial charge in [-0.25, -0.2) is 4.98 Å². The third kappa shape index (κ3) is 2.42. The zero-order valence-corrected chi connectivity index (χ0v) is 9.57. The maximum Gasteiger partial charge on any atom is 0.301 e. The summed E-state index contributed by atoms with van der Waals surface area (Å²) in [7, 11) is -3.42. The Morgan fingerprint density at radius 2 is 2.00 bits per heavy atom. The lowest BCUT2D eigenvalue weighted by atomic mass is 10.4. The van der Waals surface area contributed by atoms with Crippen LogP contribution in [-0.4, -0.2) is 30.8 Å². The predicted octanol–water partition coefficient (Wildman–Crippen LogP) is 0.416. The Morgan fingerprint density at radius 3 is 2.56 bits per heavy atom. The minimum atomic E-state index is -3.42. The molecule has 0 amide bonds. The van der Waals surface area contributed by atoms with E-state index in [2.05, 4.69) is 9.71 Å². The third-order valence-corrected chi connectivity index (χ3v) is 3.98. The van der Waals surface area contributed by atoms with Gasteiger partial charge in [0.1, 0.15) is 5.82 Å². The highest BCUT2D eigenvalue weighted by atomic mass is 32.2. The van der Waals surface area contributed by atoms with Crippen LogP contribution in [0.2, 0.25) is 0 Å². The lowest BCUT2D eigenvalue weighted by molar-refractivity contribution is 0.482. The molecule has 2 heterocycles. The molecule has 16 heavy (non-hydrogen) atoms. The topological polar surface area (TPSA) is 88.3 Å². The van der Waals surface area contributed by atoms with E-state index in [1.807, 2.05) is 0 Å². The van der Waals surface area contributed by atoms with Crippen molar-refractivity contribution in [3.8, 4) is 0 Å². The van der Waals surface area contributed by atoms with Crippen molar-refractivity contribution in [2.45, 2.75) is 12.8 Å². The number of rotatable bonds is 3. The molecule has 1 aromatic heterocycles. The lowest BCUT2D eigenvalue weighted by Gasteiger charge is -2.16. The second-order valence-corrected chi connectivity index (χ2v) is 5.36. The molecule has 1 aliphatic heterocycles. The summed E-state index contributed by atoms with van der Waals surface area (Å²) in [6.07, 6.45) is 3.24. The van der Waals surface area contributed by atoms with Crippen molar-refractivity contribution in [2.75, 3.05) is 23.5 Å². The molecule has 7 heteroatoms. The highest BCUT2D eigenvalue weighted by Gasteiger charge is 2.24. The second kappa shape index (κ2) is 4.26. The number of nitrogen functional groups attached to an aromatic ring is 1. The molecule has 0 bridgehead atoms. The Kier molecular flexibility index (Phi) is 2.97. The van der Waals surface area contributed by atoms with E-state index >= 15 is 0 Å². The molecule has 0 radical (unpaired) electrons. The first-order valence-corrected chi connectivity index (χ1v) is 6.51. The summed E-state index contributed by atoms with van der Waals surface area (Å²) in [4.78, 5) is 3.82. The number of nitrogens with zero attached hydrogens (tertiary/aromatic N) is 2. The second-order valence-electron chi connectivity index (χ2n) is 3.68. The molecule has 1 saturated heterocycles. The smallest absolute Gasteiger partial charge is 0.301 e. The van der Waals surface area contributed by atoms with Crippen LogP contribution in [0.5, 0.6) is 0 Å². The van der Waals surface area contributed by atoms with E-state index in [4.69, 9.17) is 5.73 Å². The number of pyridine rings is 1. The van der Waals surface area contributed by atoms with Crippen LogP contribution in [0.15, 0.2) is 18.3 Å². The zero-order chi connectivity index (χ0) is 11.6. The van der Waals surface area contributed by atoms with Gasteiger partial charge in [0.25, 0.3) is 0 Å². The van der Waals surface area contributed by atoms with Crippen molar-refractivity contribution in [3.05, 3.63) is 18.3 Å². The predicted molar refractivity (Wildman–Crippen MR) is 62.0 cm³/mol. The Bertz CT molecular complexity index is 451. The van der Waals surface area contributed by atoms with Gasteiger partial charge < -0.3 is 5.73 Å². The van der Waals surface area contributed by atoms with Crippen molar-refractivity contribution >= 4 is 21.7 Å². The van der Waals surface area contributed by atoms with E-state index in [-0.39, 0.29) is 0 Å². The zero-order valence-electron chi connectivity index (χ0n) is 8.76. The van der Waals surface area contributed by atoms with Crippen molar-refractivity contribution in [2.24, 2.45) is 0 Å². The van der Waals surface area contributed by atoms with Crippen molar-refractivity contribution in [3.63, 3.8) is 0 Å². The minimum absolute atomic E-state index is 0.365. The van der Waals surface area contributed by atoms with E-state index < -0.39 is 10.2 Å². The van der Waals surface area contributed by atoms with Crippen LogP contribution in [0.1, 0.15) is 12.8 Å². The van der Waals surface area contributed by atoms with Crippen LogP contribution in [-0.2, 0) is 10.2 Å². The van der Waals surface area contributed by atoms with Gasteiger partial charge >= 0.3 is 10.2 Å². The standard InChI is InChI=1S/C9H14N4O2S/c10-9-4-3-8(7-11-9)12-16(14,15)13-5-1-2-6-13/h3-4,7,12H,1-2,5-6H2,(H2,10,11). The first-order valence-electron chi connectivity index (χ1n) is 5.07. The SMILES string of the molecule is Nc1ccc(NS(=O)(=O)N2CCCC2)cn1. The van der Waals surface area contributed by atoms with E-state index in [0.29, 0.717) is 24.6 Å². The molecule has 1 fully saturated rings. The Balaban J connectivity index is 2.11. The van der Waals surface area contributed by atoms with Crippen LogP contribution in [0, 0.1) is 0 Å². The summed E-state index contributed by atoms with van der Waals surface area (Å²) < 4.78 is 27.6. The molecule has 2 rings (SSSR count). The molecule has 88 valence electrons. The van der Waals surface area contributed by atoms with Gasteiger partial charge in [-0.15, -0.1) is 0 Å². The van der Waals surface area contributed by atoms with Gasteiger partial charge in [0.05, 0.1) is 11.9 Å². The molecule has 0 aromatic carbocycles. The van der Waals surface area contributed by atoms with Gasteiger partial charge in [-0.3, -0.25) is 4.72 Å². The molecule has 0 spiro atoms. The maximum atomic E-state index is 11.8. The van der Waals surface area contributed by atoms with E-state index in [9.17, 15) is 8.42 Å². The Hall–Kier alpha value is -1.34. The average molecular weight is 242 g/mol. The van der Waals surface area contributed by atoms with Crippen molar-refractivity contribution < 1.29 is 8.42 Å². The van der Waals surface area contributed by atoms with Crippen molar-refractivity contribution in [1.82, 2.24) is 9.29 Å². The number of nitrogens with two attached hydrogens (primary N) is 1. The summed E-state index contributed by atoms with van der Waals surface area (Å²) in [5.74, 6) is 0.365. The molecule has 0 saturated carbocycles. The molecule has 1 aliphatic rings. The Morgan fingerprint density at radius 1 is 1.31 bits per heavy atom. The van der Waals surface area contributed by atoms with Crippen LogP contribution >= 0.6 is 0 Å². The van der Waals surface area contributed by atoms with E-state index in [1.54, 1.807) is 12.1 Å². The summed E-state index contributed by atoms with van der Waals surface area (Å²) >= 11 is 0. The molecule has 6 nitrogen and oxygen atoms in total. The van der Waals surface area contributed by atoms with Crippen LogP contribution in [0.25, 0.3) is 0 Å². The Labute approximate surface area is 94.7 Å². The summed E-state index contributed by atoms with van der Waals surface area (Å²) in [6.45, 7) is 1.16. The number of hydrogen-bond donors (Lipinski definition) is 2. The highest BCUT2D eigenvalue weighted by molar-refractivity contribution is 7.90. The maximum absolute atomic E-state index is 11.8. The van der Waals surface area contributed by atoms with E-state index in [0.717, 1.165) is 12.8 Å². The highest BCUT2D eigenvalue weighted by Crippen LogP contribution is 2.16. The first kappa shape index (κ1) is 11.2. The quantitative estimate of drug-likeness (QED) is 0.803.